The highest BCUT2D eigenvalue weighted by atomic mass is 16.5. The molecular weight excluding hydrogens is 452 g/mol. The Balaban J connectivity index is 1.46. The number of ketones is 1. The van der Waals surface area contributed by atoms with Crippen LogP contribution in [0.25, 0.3) is 10.9 Å². The van der Waals surface area contributed by atoms with Crippen LogP contribution in [0.1, 0.15) is 28.7 Å². The minimum atomic E-state index is 0.0837. The molecule has 3 aromatic carbocycles. The zero-order chi connectivity index (χ0) is 25.1. The fourth-order valence-electron chi connectivity index (χ4n) is 4.67. The predicted octanol–water partition coefficient (Wildman–Crippen LogP) is 4.77. The van der Waals surface area contributed by atoms with Crippen molar-refractivity contribution in [1.82, 2.24) is 9.97 Å². The van der Waals surface area contributed by atoms with E-state index in [1.54, 1.807) is 21.1 Å². The first-order chi connectivity index (χ1) is 17.6. The number of hydrogen-bond acceptors (Lipinski definition) is 7. The summed E-state index contributed by atoms with van der Waals surface area (Å²) in [6.45, 7) is 4.94. The number of fused-ring (bicyclic) bond motifs is 1. The van der Waals surface area contributed by atoms with Crippen molar-refractivity contribution in [1.29, 1.82) is 0 Å². The molecule has 1 fully saturated rings. The number of carbonyl (C=O) groups excluding carboxylic acids is 1. The molecule has 0 atom stereocenters. The molecule has 0 bridgehead atoms. The Morgan fingerprint density at radius 3 is 2.11 bits per heavy atom. The number of nitrogens with zero attached hydrogens (tertiary/aromatic N) is 4. The van der Waals surface area contributed by atoms with Gasteiger partial charge in [-0.25, -0.2) is 9.97 Å². The lowest BCUT2D eigenvalue weighted by atomic mass is 10.1. The lowest BCUT2D eigenvalue weighted by molar-refractivity contribution is 0.101. The lowest BCUT2D eigenvalue weighted by Crippen LogP contribution is -2.47. The van der Waals surface area contributed by atoms with Crippen molar-refractivity contribution in [2.75, 3.05) is 50.2 Å². The van der Waals surface area contributed by atoms with Crippen molar-refractivity contribution in [3.8, 4) is 11.5 Å². The average molecular weight is 483 g/mol. The van der Waals surface area contributed by atoms with Gasteiger partial charge in [-0.1, -0.05) is 30.3 Å². The molecule has 184 valence electrons. The Labute approximate surface area is 211 Å². The number of hydrogen-bond donors (Lipinski definition) is 0. The molecular formula is C29H30N4O3. The number of carbonyl (C=O) groups is 1. The third-order valence-corrected chi connectivity index (χ3v) is 6.65. The first-order valence-electron chi connectivity index (χ1n) is 12.1. The second-order valence-corrected chi connectivity index (χ2v) is 8.93. The van der Waals surface area contributed by atoms with Crippen LogP contribution in [0.4, 0.5) is 11.5 Å². The van der Waals surface area contributed by atoms with Crippen molar-refractivity contribution < 1.29 is 14.3 Å². The molecule has 7 heteroatoms. The third-order valence-electron chi connectivity index (χ3n) is 6.65. The number of aromatic nitrogens is 2. The molecule has 0 amide bonds. The molecule has 1 aromatic heterocycles. The van der Waals surface area contributed by atoms with Crippen LogP contribution in [0.2, 0.25) is 0 Å². The van der Waals surface area contributed by atoms with E-state index in [4.69, 9.17) is 19.4 Å². The van der Waals surface area contributed by atoms with E-state index in [0.717, 1.165) is 60.0 Å². The van der Waals surface area contributed by atoms with E-state index < -0.39 is 0 Å². The monoisotopic (exact) mass is 482 g/mol. The van der Waals surface area contributed by atoms with Gasteiger partial charge in [0.25, 0.3) is 0 Å². The Kier molecular flexibility index (Phi) is 6.71. The molecule has 1 saturated heterocycles. The molecule has 0 spiro atoms. The van der Waals surface area contributed by atoms with E-state index in [-0.39, 0.29) is 5.78 Å². The van der Waals surface area contributed by atoms with E-state index in [0.29, 0.717) is 17.9 Å². The SMILES string of the molecule is COc1cc2nc(Cc3ccccc3)nc(N3CCN(c4ccc(C(C)=O)cc4)CC3)c2cc1OC. The van der Waals surface area contributed by atoms with Gasteiger partial charge in [0.15, 0.2) is 17.3 Å². The number of piperazine rings is 1. The van der Waals surface area contributed by atoms with Crippen LogP contribution < -0.4 is 19.3 Å². The molecule has 1 aliphatic heterocycles. The molecule has 0 unspecified atom stereocenters. The lowest BCUT2D eigenvalue weighted by Gasteiger charge is -2.37. The minimum absolute atomic E-state index is 0.0837. The second-order valence-electron chi connectivity index (χ2n) is 8.93. The fraction of sp³-hybridized carbons (Fsp3) is 0.276. The maximum Gasteiger partial charge on any atom is 0.162 e. The van der Waals surface area contributed by atoms with Gasteiger partial charge in [0, 0.05) is 55.3 Å². The van der Waals surface area contributed by atoms with Gasteiger partial charge in [-0.3, -0.25) is 4.79 Å². The summed E-state index contributed by atoms with van der Waals surface area (Å²) < 4.78 is 11.1. The van der Waals surface area contributed by atoms with E-state index in [9.17, 15) is 4.79 Å². The topological polar surface area (TPSA) is 67.8 Å². The number of rotatable bonds is 7. The largest absolute Gasteiger partial charge is 0.493 e. The van der Waals surface area contributed by atoms with Crippen molar-refractivity contribution in [2.24, 2.45) is 0 Å². The van der Waals surface area contributed by atoms with Gasteiger partial charge in [-0.15, -0.1) is 0 Å². The quantitative estimate of drug-likeness (QED) is 0.352. The van der Waals surface area contributed by atoms with Gasteiger partial charge < -0.3 is 19.3 Å². The van der Waals surface area contributed by atoms with Crippen LogP contribution >= 0.6 is 0 Å². The first-order valence-corrected chi connectivity index (χ1v) is 12.1. The molecule has 4 aromatic rings. The van der Waals surface area contributed by atoms with Crippen LogP contribution in [0.5, 0.6) is 11.5 Å². The van der Waals surface area contributed by atoms with Crippen molar-refractivity contribution >= 4 is 28.2 Å². The number of benzene rings is 3. The van der Waals surface area contributed by atoms with E-state index >= 15 is 0 Å². The van der Waals surface area contributed by atoms with Gasteiger partial charge in [0.1, 0.15) is 11.6 Å². The standard InChI is InChI=1S/C29H30N4O3/c1-20(34)22-9-11-23(12-10-22)32-13-15-33(16-14-32)29-24-18-26(35-2)27(36-3)19-25(24)30-28(31-29)17-21-7-5-4-6-8-21/h4-12,18-19H,13-17H2,1-3H3. The summed E-state index contributed by atoms with van der Waals surface area (Å²) in [6.07, 6.45) is 0.653. The Morgan fingerprint density at radius 2 is 1.47 bits per heavy atom. The van der Waals surface area contributed by atoms with Gasteiger partial charge >= 0.3 is 0 Å². The van der Waals surface area contributed by atoms with Crippen LogP contribution in [0, 0.1) is 0 Å². The maximum absolute atomic E-state index is 11.6. The Bertz CT molecular complexity index is 1370. The molecule has 36 heavy (non-hydrogen) atoms. The highest BCUT2D eigenvalue weighted by Gasteiger charge is 2.23. The molecule has 0 radical (unpaired) electrons. The van der Waals surface area contributed by atoms with E-state index in [2.05, 4.69) is 21.9 Å². The normalized spacial score (nSPS) is 13.6. The molecule has 0 aliphatic carbocycles. The van der Waals surface area contributed by atoms with Crippen molar-refractivity contribution in [3.05, 3.63) is 83.7 Å². The second kappa shape index (κ2) is 10.2. The first kappa shape index (κ1) is 23.6. The zero-order valence-corrected chi connectivity index (χ0v) is 20.9. The highest BCUT2D eigenvalue weighted by molar-refractivity contribution is 5.94. The summed E-state index contributed by atoms with van der Waals surface area (Å²) in [7, 11) is 3.28. The summed E-state index contributed by atoms with van der Waals surface area (Å²) in [5, 5.41) is 0.948. The number of Topliss-reactive ketones (excluding diaryl/α,β-unsaturated/α-hetero) is 1. The van der Waals surface area contributed by atoms with Crippen LogP contribution in [0.3, 0.4) is 0 Å². The Hall–Kier alpha value is -4.13. The van der Waals surface area contributed by atoms with Crippen molar-refractivity contribution in [3.63, 3.8) is 0 Å². The highest BCUT2D eigenvalue weighted by Crippen LogP contribution is 2.36. The van der Waals surface area contributed by atoms with Gasteiger partial charge in [0.2, 0.25) is 0 Å². The summed E-state index contributed by atoms with van der Waals surface area (Å²) in [5.41, 5.74) is 3.87. The molecule has 0 N–H and O–H groups in total. The van der Waals surface area contributed by atoms with Gasteiger partial charge in [-0.2, -0.15) is 0 Å². The summed E-state index contributed by atoms with van der Waals surface area (Å²) in [6, 6.07) is 22.0. The summed E-state index contributed by atoms with van der Waals surface area (Å²) in [5.74, 6) is 3.09. The van der Waals surface area contributed by atoms with Gasteiger partial charge in [-0.05, 0) is 42.8 Å². The third kappa shape index (κ3) is 4.82. The zero-order valence-electron chi connectivity index (χ0n) is 20.9. The summed E-state index contributed by atoms with van der Waals surface area (Å²) in [4.78, 5) is 26.2. The Morgan fingerprint density at radius 1 is 0.833 bits per heavy atom. The average Bonchev–Trinajstić information content (AvgIpc) is 2.92. The number of ether oxygens (including phenoxy) is 2. The molecule has 0 saturated carbocycles. The number of methoxy groups -OCH3 is 2. The predicted molar refractivity (Wildman–Crippen MR) is 143 cm³/mol. The van der Waals surface area contributed by atoms with Crippen molar-refractivity contribution in [2.45, 2.75) is 13.3 Å². The maximum atomic E-state index is 11.6. The van der Waals surface area contributed by atoms with Gasteiger partial charge in [0.05, 0.1) is 19.7 Å². The molecule has 2 heterocycles. The smallest absolute Gasteiger partial charge is 0.162 e. The minimum Gasteiger partial charge on any atom is -0.493 e. The summed E-state index contributed by atoms with van der Waals surface area (Å²) >= 11 is 0. The van der Waals surface area contributed by atoms with Crippen LogP contribution in [-0.4, -0.2) is 56.1 Å². The molecule has 5 rings (SSSR count). The molecule has 1 aliphatic rings. The molecule has 7 nitrogen and oxygen atoms in total. The van der Waals surface area contributed by atoms with E-state index in [1.807, 2.05) is 54.6 Å². The van der Waals surface area contributed by atoms with E-state index in [1.165, 1.54) is 5.56 Å². The number of anilines is 2. The van der Waals surface area contributed by atoms with Crippen LogP contribution in [0.15, 0.2) is 66.7 Å². The van der Waals surface area contributed by atoms with Crippen LogP contribution in [-0.2, 0) is 6.42 Å². The fourth-order valence-corrected chi connectivity index (χ4v) is 4.67.